The maximum Gasteiger partial charge on any atom is 0.358 e. The van der Waals surface area contributed by atoms with Crippen LogP contribution in [0.3, 0.4) is 0 Å². The van der Waals surface area contributed by atoms with Crippen molar-refractivity contribution in [2.75, 3.05) is 11.9 Å². The van der Waals surface area contributed by atoms with E-state index in [1.165, 1.54) is 24.3 Å². The van der Waals surface area contributed by atoms with E-state index in [2.05, 4.69) is 10.3 Å². The fourth-order valence-electron chi connectivity index (χ4n) is 2.19. The Morgan fingerprint density at radius 2 is 1.92 bits per heavy atom. The summed E-state index contributed by atoms with van der Waals surface area (Å²) in [5.74, 6) is -0.700. The van der Waals surface area contributed by atoms with E-state index in [0.717, 1.165) is 0 Å². The average molecular weight is 325 g/mol. The van der Waals surface area contributed by atoms with Crippen molar-refractivity contribution in [2.24, 2.45) is 0 Å². The second kappa shape index (κ2) is 6.41. The van der Waals surface area contributed by atoms with Gasteiger partial charge >= 0.3 is 5.97 Å². The van der Waals surface area contributed by atoms with Gasteiger partial charge in [0.05, 0.1) is 12.3 Å². The lowest BCUT2D eigenvalue weighted by molar-refractivity contribution is 0.0520. The van der Waals surface area contributed by atoms with E-state index in [-0.39, 0.29) is 24.0 Å². The minimum Gasteiger partial charge on any atom is -0.508 e. The summed E-state index contributed by atoms with van der Waals surface area (Å²) in [6.07, 6.45) is 3.20. The Morgan fingerprint density at radius 1 is 1.17 bits per heavy atom. The van der Waals surface area contributed by atoms with Crippen LogP contribution in [0.15, 0.2) is 48.8 Å². The fourth-order valence-corrected chi connectivity index (χ4v) is 2.19. The maximum atomic E-state index is 12.2. The van der Waals surface area contributed by atoms with Gasteiger partial charge < -0.3 is 19.6 Å². The van der Waals surface area contributed by atoms with Crippen LogP contribution in [-0.4, -0.2) is 33.0 Å². The zero-order valence-corrected chi connectivity index (χ0v) is 12.9. The molecule has 0 saturated heterocycles. The summed E-state index contributed by atoms with van der Waals surface area (Å²) in [5.41, 5.74) is 1.75. The van der Waals surface area contributed by atoms with Crippen LogP contribution in [0.25, 0.3) is 5.65 Å². The summed E-state index contributed by atoms with van der Waals surface area (Å²) in [5, 5.41) is 12.0. The third-order valence-electron chi connectivity index (χ3n) is 3.32. The molecule has 7 nitrogen and oxygen atoms in total. The van der Waals surface area contributed by atoms with Crippen LogP contribution in [0, 0.1) is 0 Å². The number of amides is 1. The largest absolute Gasteiger partial charge is 0.508 e. The second-order valence-electron chi connectivity index (χ2n) is 5.03. The molecule has 0 fully saturated rings. The third-order valence-corrected chi connectivity index (χ3v) is 3.32. The van der Waals surface area contributed by atoms with E-state index in [4.69, 9.17) is 4.74 Å². The Morgan fingerprint density at radius 3 is 2.62 bits per heavy atom. The lowest BCUT2D eigenvalue weighted by Gasteiger charge is -2.06. The van der Waals surface area contributed by atoms with Gasteiger partial charge in [-0.2, -0.15) is 0 Å². The van der Waals surface area contributed by atoms with Crippen LogP contribution in [0.5, 0.6) is 5.75 Å². The van der Waals surface area contributed by atoms with Crippen molar-refractivity contribution < 1.29 is 19.4 Å². The SMILES string of the molecule is CCOC(=O)c1cn2cc(NC(=O)c3ccc(O)cc3)ccc2n1. The van der Waals surface area contributed by atoms with Crippen LogP contribution in [0.2, 0.25) is 0 Å². The number of hydrogen-bond acceptors (Lipinski definition) is 5. The van der Waals surface area contributed by atoms with E-state index >= 15 is 0 Å². The third kappa shape index (κ3) is 3.19. The van der Waals surface area contributed by atoms with Gasteiger partial charge in [-0.3, -0.25) is 4.79 Å². The number of carbonyl (C=O) groups excluding carboxylic acids is 2. The molecule has 0 aliphatic rings. The van der Waals surface area contributed by atoms with E-state index in [9.17, 15) is 14.7 Å². The van der Waals surface area contributed by atoms with Crippen molar-refractivity contribution in [3.8, 4) is 5.75 Å². The quantitative estimate of drug-likeness (QED) is 0.719. The Labute approximate surface area is 137 Å². The number of hydrogen-bond donors (Lipinski definition) is 2. The predicted molar refractivity (Wildman–Crippen MR) is 87.2 cm³/mol. The van der Waals surface area contributed by atoms with E-state index in [1.807, 2.05) is 0 Å². The van der Waals surface area contributed by atoms with Crippen molar-refractivity contribution in [3.63, 3.8) is 0 Å². The molecule has 0 unspecified atom stereocenters. The number of rotatable bonds is 4. The highest BCUT2D eigenvalue weighted by atomic mass is 16.5. The van der Waals surface area contributed by atoms with Crippen LogP contribution < -0.4 is 5.32 Å². The van der Waals surface area contributed by atoms with Gasteiger partial charge in [0, 0.05) is 18.0 Å². The number of anilines is 1. The summed E-state index contributed by atoms with van der Waals surface area (Å²) >= 11 is 0. The molecule has 2 N–H and O–H groups in total. The molecule has 3 rings (SSSR count). The van der Waals surface area contributed by atoms with Gasteiger partial charge in [0.25, 0.3) is 5.91 Å². The van der Waals surface area contributed by atoms with E-state index in [1.54, 1.807) is 35.9 Å². The van der Waals surface area contributed by atoms with Gasteiger partial charge in [0.2, 0.25) is 0 Å². The summed E-state index contributed by atoms with van der Waals surface area (Å²) in [7, 11) is 0. The van der Waals surface area contributed by atoms with Crippen molar-refractivity contribution in [2.45, 2.75) is 6.92 Å². The molecule has 1 amide bonds. The molecule has 24 heavy (non-hydrogen) atoms. The van der Waals surface area contributed by atoms with Gasteiger partial charge in [-0.1, -0.05) is 0 Å². The number of phenols is 1. The monoisotopic (exact) mass is 325 g/mol. The number of nitrogens with zero attached hydrogens (tertiary/aromatic N) is 2. The molecule has 7 heteroatoms. The van der Waals surface area contributed by atoms with Gasteiger partial charge in [0.1, 0.15) is 11.4 Å². The number of carbonyl (C=O) groups is 2. The van der Waals surface area contributed by atoms with Crippen LogP contribution in [-0.2, 0) is 4.74 Å². The number of pyridine rings is 1. The Bertz CT molecular complexity index is 900. The highest BCUT2D eigenvalue weighted by molar-refractivity contribution is 6.04. The smallest absolute Gasteiger partial charge is 0.358 e. The number of aromatic nitrogens is 2. The standard InChI is InChI=1S/C17H15N3O4/c1-2-24-17(23)14-10-20-9-12(5-8-15(20)19-14)18-16(22)11-3-6-13(21)7-4-11/h3-10,21H,2H2,1H3,(H,18,22). The zero-order valence-electron chi connectivity index (χ0n) is 12.9. The van der Waals surface area contributed by atoms with Gasteiger partial charge in [0.15, 0.2) is 5.69 Å². The number of esters is 1. The minimum absolute atomic E-state index is 0.0953. The van der Waals surface area contributed by atoms with Crippen molar-refractivity contribution in [3.05, 3.63) is 60.0 Å². The number of benzene rings is 1. The molecular formula is C17H15N3O4. The first-order chi connectivity index (χ1) is 11.6. The Kier molecular flexibility index (Phi) is 4.15. The molecule has 3 aromatic rings. The number of aromatic hydroxyl groups is 1. The summed E-state index contributed by atoms with van der Waals surface area (Å²) in [4.78, 5) is 28.0. The minimum atomic E-state index is -0.490. The second-order valence-corrected chi connectivity index (χ2v) is 5.03. The van der Waals surface area contributed by atoms with E-state index in [0.29, 0.717) is 16.9 Å². The summed E-state index contributed by atoms with van der Waals surface area (Å²) in [6.45, 7) is 2.01. The van der Waals surface area contributed by atoms with Crippen molar-refractivity contribution in [1.82, 2.24) is 9.38 Å². The molecule has 0 aliphatic heterocycles. The number of fused-ring (bicyclic) bond motifs is 1. The molecule has 0 radical (unpaired) electrons. The first kappa shape index (κ1) is 15.5. The molecule has 0 atom stereocenters. The normalized spacial score (nSPS) is 10.5. The number of nitrogens with one attached hydrogen (secondary N) is 1. The maximum absolute atomic E-state index is 12.2. The number of imidazole rings is 1. The molecule has 1 aromatic carbocycles. The lowest BCUT2D eigenvalue weighted by Crippen LogP contribution is -2.11. The Balaban J connectivity index is 1.81. The molecule has 2 heterocycles. The predicted octanol–water partition coefficient (Wildman–Crippen LogP) is 2.47. The molecule has 0 bridgehead atoms. The molecule has 0 aliphatic carbocycles. The zero-order chi connectivity index (χ0) is 17.1. The summed E-state index contributed by atoms with van der Waals surface area (Å²) in [6, 6.07) is 9.32. The molecule has 0 spiro atoms. The highest BCUT2D eigenvalue weighted by Crippen LogP contribution is 2.15. The molecule has 122 valence electrons. The van der Waals surface area contributed by atoms with E-state index < -0.39 is 5.97 Å². The van der Waals surface area contributed by atoms with Gasteiger partial charge in [-0.15, -0.1) is 0 Å². The topological polar surface area (TPSA) is 92.9 Å². The first-order valence-corrected chi connectivity index (χ1v) is 7.33. The average Bonchev–Trinajstić information content (AvgIpc) is 2.99. The van der Waals surface area contributed by atoms with Crippen LogP contribution in [0.1, 0.15) is 27.8 Å². The summed E-state index contributed by atoms with van der Waals surface area (Å²) < 4.78 is 6.55. The number of phenolic OH excluding ortho intramolecular Hbond substituents is 1. The first-order valence-electron chi connectivity index (χ1n) is 7.33. The molecule has 2 aromatic heterocycles. The van der Waals surface area contributed by atoms with Crippen molar-refractivity contribution in [1.29, 1.82) is 0 Å². The van der Waals surface area contributed by atoms with Crippen LogP contribution in [0.4, 0.5) is 5.69 Å². The van der Waals surface area contributed by atoms with Gasteiger partial charge in [-0.25, -0.2) is 9.78 Å². The number of ether oxygens (including phenoxy) is 1. The molecular weight excluding hydrogens is 310 g/mol. The van der Waals surface area contributed by atoms with Crippen molar-refractivity contribution >= 4 is 23.2 Å². The lowest BCUT2D eigenvalue weighted by atomic mass is 10.2. The van der Waals surface area contributed by atoms with Gasteiger partial charge in [-0.05, 0) is 43.3 Å². The fraction of sp³-hybridized carbons (Fsp3) is 0.118. The molecule has 0 saturated carbocycles. The van der Waals surface area contributed by atoms with Crippen LogP contribution >= 0.6 is 0 Å². The Hall–Kier alpha value is -3.35. The highest BCUT2D eigenvalue weighted by Gasteiger charge is 2.12.